The topological polar surface area (TPSA) is 67.5 Å². The second-order valence-electron chi connectivity index (χ2n) is 4.66. The van der Waals surface area contributed by atoms with Crippen molar-refractivity contribution in [2.45, 2.75) is 12.5 Å². The number of fused-ring (bicyclic) bond motifs is 1. The van der Waals surface area contributed by atoms with Crippen LogP contribution in [-0.2, 0) is 6.42 Å². The summed E-state index contributed by atoms with van der Waals surface area (Å²) in [6.45, 7) is 0. The van der Waals surface area contributed by atoms with Crippen LogP contribution in [0.1, 0.15) is 22.7 Å². The van der Waals surface area contributed by atoms with Gasteiger partial charge in [0.2, 0.25) is 0 Å². The van der Waals surface area contributed by atoms with E-state index >= 15 is 0 Å². The Labute approximate surface area is 116 Å². The standard InChI is InChI=1S/C15H13N3O2/c19-18(20)15-8-4-3-7-13(15)14-9-11-5-1-2-6-12(11)10-16-17-14/h1-8,10,14,17H,9H2. The van der Waals surface area contributed by atoms with Crippen molar-refractivity contribution in [2.24, 2.45) is 5.10 Å². The molecule has 0 fully saturated rings. The summed E-state index contributed by atoms with van der Waals surface area (Å²) in [4.78, 5) is 10.8. The van der Waals surface area contributed by atoms with Gasteiger partial charge in [-0.3, -0.25) is 10.1 Å². The molecule has 0 amide bonds. The van der Waals surface area contributed by atoms with E-state index in [0.29, 0.717) is 12.0 Å². The number of para-hydroxylation sites is 1. The smallest absolute Gasteiger partial charge is 0.274 e. The second-order valence-corrected chi connectivity index (χ2v) is 4.66. The van der Waals surface area contributed by atoms with Crippen LogP contribution in [0.4, 0.5) is 5.69 Å². The van der Waals surface area contributed by atoms with Gasteiger partial charge in [0.25, 0.3) is 5.69 Å². The summed E-state index contributed by atoms with van der Waals surface area (Å²) in [6, 6.07) is 14.5. The zero-order chi connectivity index (χ0) is 13.9. The van der Waals surface area contributed by atoms with Crippen molar-refractivity contribution in [1.29, 1.82) is 0 Å². The maximum atomic E-state index is 11.1. The molecule has 1 unspecified atom stereocenters. The molecule has 1 heterocycles. The number of nitrogens with one attached hydrogen (secondary N) is 1. The summed E-state index contributed by atoms with van der Waals surface area (Å²) in [5.74, 6) is 0. The first kappa shape index (κ1) is 12.3. The Bertz CT molecular complexity index is 682. The fraction of sp³-hybridized carbons (Fsp3) is 0.133. The van der Waals surface area contributed by atoms with Gasteiger partial charge in [-0.05, 0) is 17.5 Å². The Hall–Kier alpha value is -2.69. The normalized spacial score (nSPS) is 16.9. The molecule has 20 heavy (non-hydrogen) atoms. The second kappa shape index (κ2) is 5.13. The molecule has 100 valence electrons. The third kappa shape index (κ3) is 2.25. The molecular formula is C15H13N3O2. The molecule has 0 aliphatic carbocycles. The number of nitro benzene ring substituents is 1. The molecule has 5 nitrogen and oxygen atoms in total. The first-order chi connectivity index (χ1) is 9.75. The highest BCUT2D eigenvalue weighted by molar-refractivity contribution is 5.82. The van der Waals surface area contributed by atoms with Gasteiger partial charge < -0.3 is 5.43 Å². The summed E-state index contributed by atoms with van der Waals surface area (Å²) in [5, 5.41) is 15.3. The van der Waals surface area contributed by atoms with E-state index < -0.39 is 0 Å². The number of benzene rings is 2. The summed E-state index contributed by atoms with van der Waals surface area (Å²) in [6.07, 6.45) is 2.42. The molecule has 0 spiro atoms. The predicted octanol–water partition coefficient (Wildman–Crippen LogP) is 2.82. The van der Waals surface area contributed by atoms with Gasteiger partial charge in [-0.2, -0.15) is 5.10 Å². The van der Waals surface area contributed by atoms with Crippen LogP contribution in [0.5, 0.6) is 0 Å². The van der Waals surface area contributed by atoms with E-state index in [9.17, 15) is 10.1 Å². The van der Waals surface area contributed by atoms with E-state index in [0.717, 1.165) is 11.1 Å². The lowest BCUT2D eigenvalue weighted by atomic mass is 9.96. The van der Waals surface area contributed by atoms with Crippen molar-refractivity contribution in [2.75, 3.05) is 0 Å². The number of rotatable bonds is 2. The lowest BCUT2D eigenvalue weighted by Crippen LogP contribution is -2.18. The average Bonchev–Trinajstić information content (AvgIpc) is 2.69. The summed E-state index contributed by atoms with van der Waals surface area (Å²) in [7, 11) is 0. The Morgan fingerprint density at radius 3 is 2.75 bits per heavy atom. The lowest BCUT2D eigenvalue weighted by Gasteiger charge is -2.15. The van der Waals surface area contributed by atoms with Crippen LogP contribution in [0.15, 0.2) is 53.6 Å². The third-order valence-electron chi connectivity index (χ3n) is 3.42. The van der Waals surface area contributed by atoms with Crippen LogP contribution < -0.4 is 5.43 Å². The molecule has 1 atom stereocenters. The summed E-state index contributed by atoms with van der Waals surface area (Å²) < 4.78 is 0. The third-order valence-corrected chi connectivity index (χ3v) is 3.42. The van der Waals surface area contributed by atoms with Gasteiger partial charge >= 0.3 is 0 Å². The van der Waals surface area contributed by atoms with Crippen molar-refractivity contribution in [3.05, 3.63) is 75.3 Å². The fourth-order valence-corrected chi connectivity index (χ4v) is 2.44. The van der Waals surface area contributed by atoms with Crippen LogP contribution in [0.3, 0.4) is 0 Å². The lowest BCUT2D eigenvalue weighted by molar-refractivity contribution is -0.385. The molecule has 0 radical (unpaired) electrons. The number of hydrogen-bond donors (Lipinski definition) is 1. The molecule has 3 rings (SSSR count). The number of hydrogen-bond acceptors (Lipinski definition) is 4. The Kier molecular flexibility index (Phi) is 3.16. The van der Waals surface area contributed by atoms with E-state index in [1.54, 1.807) is 18.3 Å². The molecule has 1 aliphatic rings. The molecule has 0 bridgehead atoms. The number of nitro groups is 1. The first-order valence-corrected chi connectivity index (χ1v) is 6.35. The minimum absolute atomic E-state index is 0.125. The zero-order valence-electron chi connectivity index (χ0n) is 10.7. The van der Waals surface area contributed by atoms with Crippen LogP contribution in [0, 0.1) is 10.1 Å². The van der Waals surface area contributed by atoms with Crippen molar-refractivity contribution in [1.82, 2.24) is 5.43 Å². The fourth-order valence-electron chi connectivity index (χ4n) is 2.44. The highest BCUT2D eigenvalue weighted by Gasteiger charge is 2.23. The summed E-state index contributed by atoms with van der Waals surface area (Å²) in [5.41, 5.74) is 5.96. The number of nitrogens with zero attached hydrogens (tertiary/aromatic N) is 2. The van der Waals surface area contributed by atoms with E-state index in [2.05, 4.69) is 10.5 Å². The molecular weight excluding hydrogens is 254 g/mol. The highest BCUT2D eigenvalue weighted by Crippen LogP contribution is 2.29. The van der Waals surface area contributed by atoms with Gasteiger partial charge in [0.05, 0.1) is 22.7 Å². The van der Waals surface area contributed by atoms with Crippen LogP contribution in [0.25, 0.3) is 0 Å². The van der Waals surface area contributed by atoms with E-state index in [-0.39, 0.29) is 16.7 Å². The van der Waals surface area contributed by atoms with E-state index in [1.807, 2.05) is 30.3 Å². The maximum Gasteiger partial charge on any atom is 0.274 e. The van der Waals surface area contributed by atoms with Crippen molar-refractivity contribution < 1.29 is 4.92 Å². The largest absolute Gasteiger partial charge is 0.302 e. The zero-order valence-corrected chi connectivity index (χ0v) is 10.7. The molecule has 1 aliphatic heterocycles. The maximum absolute atomic E-state index is 11.1. The molecule has 0 aromatic heterocycles. The van der Waals surface area contributed by atoms with Gasteiger partial charge in [-0.1, -0.05) is 42.5 Å². The van der Waals surface area contributed by atoms with Crippen LogP contribution >= 0.6 is 0 Å². The minimum Gasteiger partial charge on any atom is -0.302 e. The van der Waals surface area contributed by atoms with E-state index in [4.69, 9.17) is 0 Å². The quantitative estimate of drug-likeness (QED) is 0.672. The van der Waals surface area contributed by atoms with Crippen molar-refractivity contribution in [3.8, 4) is 0 Å². The van der Waals surface area contributed by atoms with Crippen molar-refractivity contribution >= 4 is 11.9 Å². The highest BCUT2D eigenvalue weighted by atomic mass is 16.6. The molecule has 2 aromatic rings. The molecule has 0 saturated heterocycles. The summed E-state index contributed by atoms with van der Waals surface area (Å²) >= 11 is 0. The van der Waals surface area contributed by atoms with Crippen LogP contribution in [-0.4, -0.2) is 11.1 Å². The van der Waals surface area contributed by atoms with E-state index in [1.165, 1.54) is 6.07 Å². The molecule has 5 heteroatoms. The molecule has 2 aromatic carbocycles. The average molecular weight is 267 g/mol. The Balaban J connectivity index is 2.01. The Morgan fingerprint density at radius 1 is 1.15 bits per heavy atom. The van der Waals surface area contributed by atoms with Gasteiger partial charge in [0, 0.05) is 6.07 Å². The van der Waals surface area contributed by atoms with Gasteiger partial charge in [0.15, 0.2) is 0 Å². The number of hydrazone groups is 1. The van der Waals surface area contributed by atoms with Gasteiger partial charge in [0.1, 0.15) is 0 Å². The Morgan fingerprint density at radius 2 is 1.90 bits per heavy atom. The molecule has 0 saturated carbocycles. The monoisotopic (exact) mass is 267 g/mol. The molecule has 1 N–H and O–H groups in total. The van der Waals surface area contributed by atoms with Gasteiger partial charge in [-0.15, -0.1) is 0 Å². The van der Waals surface area contributed by atoms with Crippen LogP contribution in [0.2, 0.25) is 0 Å². The predicted molar refractivity (Wildman–Crippen MR) is 76.7 cm³/mol. The van der Waals surface area contributed by atoms with Crippen molar-refractivity contribution in [3.63, 3.8) is 0 Å². The SMILES string of the molecule is O=[N+]([O-])c1ccccc1C1Cc2ccccc2C=NN1. The minimum atomic E-state index is -0.350. The first-order valence-electron chi connectivity index (χ1n) is 6.35. The van der Waals surface area contributed by atoms with Gasteiger partial charge in [-0.25, -0.2) is 0 Å².